The fourth-order valence-electron chi connectivity index (χ4n) is 1.30. The molecule has 1 aromatic rings. The summed E-state index contributed by atoms with van der Waals surface area (Å²) in [7, 11) is 0. The third-order valence-electron chi connectivity index (χ3n) is 2.06. The molecular formula is C13H18O2. The van der Waals surface area contributed by atoms with Crippen LogP contribution in [-0.4, -0.2) is 11.9 Å². The molecule has 0 atom stereocenters. The molecule has 0 spiro atoms. The monoisotopic (exact) mass is 206 g/mol. The number of hydrogen-bond donors (Lipinski definition) is 0. The predicted octanol–water partition coefficient (Wildman–Crippen LogP) is 2.74. The Hall–Kier alpha value is -1.15. The Morgan fingerprint density at radius 3 is 2.20 bits per heavy atom. The van der Waals surface area contributed by atoms with Gasteiger partial charge in [-0.3, -0.25) is 4.79 Å². The van der Waals surface area contributed by atoms with Gasteiger partial charge in [0.15, 0.2) is 0 Å². The molecule has 2 heteroatoms. The average molecular weight is 206 g/mol. The lowest BCUT2D eigenvalue weighted by atomic mass is 10.1. The van der Waals surface area contributed by atoms with Gasteiger partial charge in [-0.05, 0) is 31.9 Å². The van der Waals surface area contributed by atoms with Gasteiger partial charge in [-0.1, -0.05) is 24.3 Å². The first-order valence-corrected chi connectivity index (χ1v) is 5.27. The van der Waals surface area contributed by atoms with Crippen LogP contribution in [0.3, 0.4) is 0 Å². The molecule has 0 radical (unpaired) electrons. The van der Waals surface area contributed by atoms with Crippen LogP contribution in [-0.2, 0) is 22.6 Å². The van der Waals surface area contributed by atoms with Gasteiger partial charge in [0, 0.05) is 6.42 Å². The molecule has 0 saturated heterocycles. The van der Waals surface area contributed by atoms with Gasteiger partial charge >= 0.3 is 0 Å². The summed E-state index contributed by atoms with van der Waals surface area (Å²) in [6.07, 6.45) is 0.771. The lowest BCUT2D eigenvalue weighted by Crippen LogP contribution is -2.02. The smallest absolute Gasteiger partial charge is 0.134 e. The van der Waals surface area contributed by atoms with Crippen molar-refractivity contribution in [3.8, 4) is 0 Å². The number of ether oxygens (including phenoxy) is 1. The Kier molecular flexibility index (Phi) is 4.50. The maximum atomic E-state index is 10.9. The van der Waals surface area contributed by atoms with Crippen LogP contribution in [0, 0.1) is 0 Å². The van der Waals surface area contributed by atoms with Gasteiger partial charge in [0.25, 0.3) is 0 Å². The lowest BCUT2D eigenvalue weighted by molar-refractivity contribution is -0.116. The zero-order chi connectivity index (χ0) is 11.3. The van der Waals surface area contributed by atoms with E-state index < -0.39 is 0 Å². The summed E-state index contributed by atoms with van der Waals surface area (Å²) in [5.74, 6) is 0.196. The normalized spacial score (nSPS) is 10.7. The highest BCUT2D eigenvalue weighted by molar-refractivity contribution is 5.78. The van der Waals surface area contributed by atoms with E-state index in [9.17, 15) is 4.79 Å². The second-order valence-corrected chi connectivity index (χ2v) is 4.06. The maximum Gasteiger partial charge on any atom is 0.134 e. The van der Waals surface area contributed by atoms with E-state index in [-0.39, 0.29) is 11.9 Å². The van der Waals surface area contributed by atoms with Crippen molar-refractivity contribution in [1.82, 2.24) is 0 Å². The van der Waals surface area contributed by atoms with E-state index in [4.69, 9.17) is 4.74 Å². The second kappa shape index (κ2) is 5.66. The molecule has 2 nitrogen and oxygen atoms in total. The van der Waals surface area contributed by atoms with E-state index in [2.05, 4.69) is 0 Å². The van der Waals surface area contributed by atoms with Crippen LogP contribution >= 0.6 is 0 Å². The highest BCUT2D eigenvalue weighted by Gasteiger charge is 1.99. The van der Waals surface area contributed by atoms with E-state index in [1.165, 1.54) is 0 Å². The van der Waals surface area contributed by atoms with Gasteiger partial charge < -0.3 is 4.74 Å². The summed E-state index contributed by atoms with van der Waals surface area (Å²) in [5, 5.41) is 0. The van der Waals surface area contributed by atoms with E-state index in [0.717, 1.165) is 11.1 Å². The largest absolute Gasteiger partial charge is 0.374 e. The lowest BCUT2D eigenvalue weighted by Gasteiger charge is -2.07. The van der Waals surface area contributed by atoms with Gasteiger partial charge in [0.1, 0.15) is 5.78 Å². The molecule has 82 valence electrons. The average Bonchev–Trinajstić information content (AvgIpc) is 2.16. The minimum absolute atomic E-state index is 0.196. The second-order valence-electron chi connectivity index (χ2n) is 4.06. The molecular weight excluding hydrogens is 188 g/mol. The molecule has 0 bridgehead atoms. The van der Waals surface area contributed by atoms with Crippen molar-refractivity contribution in [2.75, 3.05) is 0 Å². The third kappa shape index (κ3) is 4.75. The standard InChI is InChI=1S/C13H18O2/c1-10(2)15-9-13-6-4-12(5-7-13)8-11(3)14/h4-7,10H,8-9H2,1-3H3. The van der Waals surface area contributed by atoms with E-state index in [0.29, 0.717) is 13.0 Å². The van der Waals surface area contributed by atoms with Gasteiger partial charge in [-0.25, -0.2) is 0 Å². The molecule has 0 amide bonds. The zero-order valence-electron chi connectivity index (χ0n) is 9.62. The minimum Gasteiger partial charge on any atom is -0.374 e. The van der Waals surface area contributed by atoms with Crippen LogP contribution in [0.5, 0.6) is 0 Å². The number of benzene rings is 1. The van der Waals surface area contributed by atoms with Gasteiger partial charge in [-0.15, -0.1) is 0 Å². The quantitative estimate of drug-likeness (QED) is 0.740. The van der Waals surface area contributed by atoms with Crippen molar-refractivity contribution in [3.05, 3.63) is 35.4 Å². The van der Waals surface area contributed by atoms with E-state index in [1.807, 2.05) is 38.1 Å². The van der Waals surface area contributed by atoms with Crippen LogP contribution in [0.25, 0.3) is 0 Å². The molecule has 1 rings (SSSR count). The van der Waals surface area contributed by atoms with E-state index >= 15 is 0 Å². The number of hydrogen-bond acceptors (Lipinski definition) is 2. The Labute approximate surface area is 91.3 Å². The van der Waals surface area contributed by atoms with Crippen molar-refractivity contribution in [2.45, 2.75) is 39.9 Å². The summed E-state index contributed by atoms with van der Waals surface area (Å²) < 4.78 is 5.48. The van der Waals surface area contributed by atoms with Crippen LogP contribution in [0.2, 0.25) is 0 Å². The van der Waals surface area contributed by atoms with E-state index in [1.54, 1.807) is 6.92 Å². The molecule has 0 fully saturated rings. The zero-order valence-corrected chi connectivity index (χ0v) is 9.62. The van der Waals surface area contributed by atoms with Crippen molar-refractivity contribution < 1.29 is 9.53 Å². The Morgan fingerprint density at radius 1 is 1.20 bits per heavy atom. The number of Topliss-reactive ketones (excluding diaryl/α,β-unsaturated/α-hetero) is 1. The number of ketones is 1. The van der Waals surface area contributed by atoms with Gasteiger partial charge in [0.2, 0.25) is 0 Å². The molecule has 0 aliphatic rings. The number of rotatable bonds is 5. The summed E-state index contributed by atoms with van der Waals surface area (Å²) >= 11 is 0. The minimum atomic E-state index is 0.196. The molecule has 0 aliphatic carbocycles. The molecule has 0 aromatic heterocycles. The Morgan fingerprint density at radius 2 is 1.73 bits per heavy atom. The summed E-state index contributed by atoms with van der Waals surface area (Å²) in [6.45, 7) is 6.28. The van der Waals surface area contributed by atoms with Gasteiger partial charge in [-0.2, -0.15) is 0 Å². The molecule has 0 N–H and O–H groups in total. The third-order valence-corrected chi connectivity index (χ3v) is 2.06. The fourth-order valence-corrected chi connectivity index (χ4v) is 1.30. The number of carbonyl (C=O) groups excluding carboxylic acids is 1. The van der Waals surface area contributed by atoms with Gasteiger partial charge in [0.05, 0.1) is 12.7 Å². The summed E-state index contributed by atoms with van der Waals surface area (Å²) in [5.41, 5.74) is 2.21. The van der Waals surface area contributed by atoms with Crippen LogP contribution in [0.15, 0.2) is 24.3 Å². The molecule has 1 aromatic carbocycles. The summed E-state index contributed by atoms with van der Waals surface area (Å²) in [4.78, 5) is 10.9. The summed E-state index contributed by atoms with van der Waals surface area (Å²) in [6, 6.07) is 8.00. The molecule has 15 heavy (non-hydrogen) atoms. The number of carbonyl (C=O) groups is 1. The van der Waals surface area contributed by atoms with Crippen LogP contribution in [0.4, 0.5) is 0 Å². The maximum absolute atomic E-state index is 10.9. The van der Waals surface area contributed by atoms with Crippen LogP contribution in [0.1, 0.15) is 31.9 Å². The molecule has 0 unspecified atom stereocenters. The SMILES string of the molecule is CC(=O)Cc1ccc(COC(C)C)cc1. The highest BCUT2D eigenvalue weighted by atomic mass is 16.5. The van der Waals surface area contributed by atoms with Crippen LogP contribution < -0.4 is 0 Å². The Balaban J connectivity index is 2.52. The first-order chi connectivity index (χ1) is 7.08. The molecule has 0 heterocycles. The molecule has 0 aliphatic heterocycles. The predicted molar refractivity (Wildman–Crippen MR) is 60.8 cm³/mol. The first kappa shape index (κ1) is 11.9. The Bertz CT molecular complexity index is 312. The highest BCUT2D eigenvalue weighted by Crippen LogP contribution is 2.07. The van der Waals surface area contributed by atoms with Crippen molar-refractivity contribution in [2.24, 2.45) is 0 Å². The fraction of sp³-hybridized carbons (Fsp3) is 0.462. The van der Waals surface area contributed by atoms with Crippen molar-refractivity contribution in [1.29, 1.82) is 0 Å². The molecule has 0 saturated carbocycles. The van der Waals surface area contributed by atoms with Crippen molar-refractivity contribution >= 4 is 5.78 Å². The first-order valence-electron chi connectivity index (χ1n) is 5.27. The topological polar surface area (TPSA) is 26.3 Å². The van der Waals surface area contributed by atoms with Crippen molar-refractivity contribution in [3.63, 3.8) is 0 Å².